The maximum atomic E-state index is 12.4. The summed E-state index contributed by atoms with van der Waals surface area (Å²) in [6, 6.07) is 8.17. The molecule has 9 heteroatoms. The first-order valence-corrected chi connectivity index (χ1v) is 11.9. The molecule has 184 valence electrons. The van der Waals surface area contributed by atoms with Crippen LogP contribution in [0.4, 0.5) is 10.5 Å². The van der Waals surface area contributed by atoms with Crippen molar-refractivity contribution in [3.8, 4) is 0 Å². The molecule has 2 amide bonds. The Bertz CT molecular complexity index is 790. The number of likely N-dealkylation sites (tertiary alicyclic amines) is 1. The highest BCUT2D eigenvalue weighted by Crippen LogP contribution is 2.26. The standard InChI is InChI=1S/C24H37N5O3.HI/c1-3-25-23(28-20-12-14-29(15-13-20)24(31)32-4-2)26-17-18-8-7-11-21(16-18)27-22(30)19-9-5-6-10-19;/h7-8,11,16,19-20H,3-6,9-10,12-15,17H2,1-2H3,(H,27,30)(H2,25,26,28);1H. The summed E-state index contributed by atoms with van der Waals surface area (Å²) >= 11 is 0. The largest absolute Gasteiger partial charge is 0.450 e. The quantitative estimate of drug-likeness (QED) is 0.260. The van der Waals surface area contributed by atoms with Crippen molar-refractivity contribution in [3.63, 3.8) is 0 Å². The minimum absolute atomic E-state index is 0. The average Bonchev–Trinajstić information content (AvgIpc) is 3.34. The van der Waals surface area contributed by atoms with Crippen LogP contribution in [-0.4, -0.2) is 55.1 Å². The molecule has 0 aromatic heterocycles. The number of amides is 2. The van der Waals surface area contributed by atoms with Crippen molar-refractivity contribution in [3.05, 3.63) is 29.8 Å². The summed E-state index contributed by atoms with van der Waals surface area (Å²) in [5, 5.41) is 9.86. The number of halogens is 1. The summed E-state index contributed by atoms with van der Waals surface area (Å²) in [5.74, 6) is 1.05. The fourth-order valence-electron chi connectivity index (χ4n) is 4.28. The van der Waals surface area contributed by atoms with Gasteiger partial charge in [-0.05, 0) is 57.2 Å². The van der Waals surface area contributed by atoms with Crippen molar-refractivity contribution >= 4 is 47.6 Å². The molecule has 0 spiro atoms. The summed E-state index contributed by atoms with van der Waals surface area (Å²) in [5.41, 5.74) is 1.88. The molecule has 0 radical (unpaired) electrons. The third kappa shape index (κ3) is 8.68. The van der Waals surface area contributed by atoms with Crippen molar-refractivity contribution in [1.82, 2.24) is 15.5 Å². The number of nitrogens with one attached hydrogen (secondary N) is 3. The molecule has 1 aliphatic carbocycles. The van der Waals surface area contributed by atoms with E-state index in [1.54, 1.807) is 4.90 Å². The first kappa shape index (κ1) is 27.2. The number of aliphatic imine (C=N–C) groups is 1. The Labute approximate surface area is 214 Å². The Morgan fingerprint density at radius 1 is 1.12 bits per heavy atom. The molecule has 1 saturated carbocycles. The van der Waals surface area contributed by atoms with Crippen LogP contribution in [0.5, 0.6) is 0 Å². The van der Waals surface area contributed by atoms with Gasteiger partial charge in [-0.3, -0.25) is 4.79 Å². The molecule has 1 aromatic carbocycles. The molecule has 3 N–H and O–H groups in total. The first-order chi connectivity index (χ1) is 15.6. The van der Waals surface area contributed by atoms with Crippen LogP contribution in [0.2, 0.25) is 0 Å². The van der Waals surface area contributed by atoms with E-state index in [1.165, 1.54) is 0 Å². The number of carbonyl (C=O) groups is 2. The van der Waals surface area contributed by atoms with Gasteiger partial charge >= 0.3 is 6.09 Å². The number of piperidine rings is 1. The molecule has 1 saturated heterocycles. The van der Waals surface area contributed by atoms with E-state index in [-0.39, 0.29) is 47.9 Å². The maximum Gasteiger partial charge on any atom is 0.409 e. The second-order valence-corrected chi connectivity index (χ2v) is 8.47. The lowest BCUT2D eigenvalue weighted by atomic mass is 10.1. The number of ether oxygens (including phenoxy) is 1. The number of nitrogens with zero attached hydrogens (tertiary/aromatic N) is 2. The summed E-state index contributed by atoms with van der Waals surface area (Å²) in [7, 11) is 0. The molecule has 33 heavy (non-hydrogen) atoms. The number of anilines is 1. The van der Waals surface area contributed by atoms with Gasteiger partial charge in [-0.15, -0.1) is 24.0 Å². The zero-order valence-electron chi connectivity index (χ0n) is 19.8. The predicted octanol–water partition coefficient (Wildman–Crippen LogP) is 4.11. The van der Waals surface area contributed by atoms with Crippen molar-refractivity contribution < 1.29 is 14.3 Å². The van der Waals surface area contributed by atoms with Gasteiger partial charge in [0.1, 0.15) is 0 Å². The van der Waals surface area contributed by atoms with Gasteiger partial charge in [0, 0.05) is 37.3 Å². The lowest BCUT2D eigenvalue weighted by Crippen LogP contribution is -2.49. The summed E-state index contributed by atoms with van der Waals surface area (Å²) in [6.07, 6.45) is 5.76. The monoisotopic (exact) mass is 571 g/mol. The van der Waals surface area contributed by atoms with E-state index in [4.69, 9.17) is 9.73 Å². The number of rotatable bonds is 7. The fourth-order valence-corrected chi connectivity index (χ4v) is 4.28. The fraction of sp³-hybridized carbons (Fsp3) is 0.625. The van der Waals surface area contributed by atoms with E-state index in [2.05, 4.69) is 16.0 Å². The number of hydrogen-bond acceptors (Lipinski definition) is 4. The third-order valence-corrected chi connectivity index (χ3v) is 6.05. The highest BCUT2D eigenvalue weighted by atomic mass is 127. The maximum absolute atomic E-state index is 12.4. The van der Waals surface area contributed by atoms with Crippen LogP contribution >= 0.6 is 24.0 Å². The van der Waals surface area contributed by atoms with E-state index in [9.17, 15) is 9.59 Å². The molecule has 1 heterocycles. The van der Waals surface area contributed by atoms with E-state index in [1.807, 2.05) is 38.1 Å². The Morgan fingerprint density at radius 3 is 2.52 bits per heavy atom. The van der Waals surface area contributed by atoms with Gasteiger partial charge in [-0.1, -0.05) is 25.0 Å². The molecule has 0 bridgehead atoms. The van der Waals surface area contributed by atoms with Crippen LogP contribution in [0, 0.1) is 5.92 Å². The van der Waals surface area contributed by atoms with Gasteiger partial charge in [0.2, 0.25) is 5.91 Å². The van der Waals surface area contributed by atoms with Crippen LogP contribution in [0.25, 0.3) is 0 Å². The van der Waals surface area contributed by atoms with Gasteiger partial charge < -0.3 is 25.6 Å². The smallest absolute Gasteiger partial charge is 0.409 e. The van der Waals surface area contributed by atoms with Gasteiger partial charge in [-0.25, -0.2) is 9.79 Å². The Balaban J connectivity index is 0.00000385. The van der Waals surface area contributed by atoms with E-state index in [0.717, 1.165) is 62.3 Å². The summed E-state index contributed by atoms with van der Waals surface area (Å²) < 4.78 is 5.09. The third-order valence-electron chi connectivity index (χ3n) is 6.05. The highest BCUT2D eigenvalue weighted by molar-refractivity contribution is 14.0. The molecule has 0 atom stereocenters. The van der Waals surface area contributed by atoms with Crippen LogP contribution in [0.1, 0.15) is 57.9 Å². The topological polar surface area (TPSA) is 95.1 Å². The second kappa shape index (κ2) is 14.3. The zero-order chi connectivity index (χ0) is 22.8. The molecule has 8 nitrogen and oxygen atoms in total. The van der Waals surface area contributed by atoms with E-state index < -0.39 is 0 Å². The molecular weight excluding hydrogens is 533 g/mol. The lowest BCUT2D eigenvalue weighted by Gasteiger charge is -2.32. The van der Waals surface area contributed by atoms with Gasteiger partial charge in [-0.2, -0.15) is 0 Å². The van der Waals surface area contributed by atoms with E-state index in [0.29, 0.717) is 26.2 Å². The minimum Gasteiger partial charge on any atom is -0.450 e. The summed E-state index contributed by atoms with van der Waals surface area (Å²) in [6.45, 7) is 6.91. The Hall–Kier alpha value is -2.04. The molecule has 1 aliphatic heterocycles. The van der Waals surface area contributed by atoms with Crippen LogP contribution < -0.4 is 16.0 Å². The van der Waals surface area contributed by atoms with Crippen LogP contribution in [-0.2, 0) is 16.1 Å². The minimum atomic E-state index is -0.230. The van der Waals surface area contributed by atoms with Crippen molar-refractivity contribution in [2.75, 3.05) is 31.6 Å². The number of guanidine groups is 1. The number of benzene rings is 1. The highest BCUT2D eigenvalue weighted by Gasteiger charge is 2.24. The van der Waals surface area contributed by atoms with Crippen LogP contribution in [0.15, 0.2) is 29.3 Å². The zero-order valence-corrected chi connectivity index (χ0v) is 22.1. The van der Waals surface area contributed by atoms with Gasteiger partial charge in [0.25, 0.3) is 0 Å². The van der Waals surface area contributed by atoms with Crippen molar-refractivity contribution in [2.24, 2.45) is 10.9 Å². The predicted molar refractivity (Wildman–Crippen MR) is 142 cm³/mol. The Kier molecular flexibility index (Phi) is 11.8. The average molecular weight is 572 g/mol. The summed E-state index contributed by atoms with van der Waals surface area (Å²) in [4.78, 5) is 30.8. The van der Waals surface area contributed by atoms with E-state index >= 15 is 0 Å². The molecule has 2 aliphatic rings. The first-order valence-electron chi connectivity index (χ1n) is 11.9. The molecule has 0 unspecified atom stereocenters. The Morgan fingerprint density at radius 2 is 1.85 bits per heavy atom. The van der Waals surface area contributed by atoms with Gasteiger partial charge in [0.05, 0.1) is 13.2 Å². The molecule has 1 aromatic rings. The van der Waals surface area contributed by atoms with Gasteiger partial charge in [0.15, 0.2) is 5.96 Å². The number of hydrogen-bond donors (Lipinski definition) is 3. The SMILES string of the molecule is CCNC(=NCc1cccc(NC(=O)C2CCCC2)c1)NC1CCN(C(=O)OCC)CC1.I. The molecule has 3 rings (SSSR count). The number of carbonyl (C=O) groups excluding carboxylic acids is 2. The van der Waals surface area contributed by atoms with Crippen molar-refractivity contribution in [2.45, 2.75) is 65.0 Å². The normalized spacial score (nSPS) is 17.3. The molecule has 2 fully saturated rings. The molecular formula is C24H38IN5O3. The second-order valence-electron chi connectivity index (χ2n) is 8.47. The van der Waals surface area contributed by atoms with Crippen LogP contribution in [0.3, 0.4) is 0 Å². The lowest BCUT2D eigenvalue weighted by molar-refractivity contribution is -0.119. The van der Waals surface area contributed by atoms with Crippen molar-refractivity contribution in [1.29, 1.82) is 0 Å².